The monoisotopic (exact) mass is 292 g/mol. The molecule has 0 saturated carbocycles. The number of amides is 2. The number of benzene rings is 1. The van der Waals surface area contributed by atoms with E-state index >= 15 is 0 Å². The number of methoxy groups -OCH3 is 1. The number of aryl methyl sites for hydroxylation is 2. The van der Waals surface area contributed by atoms with E-state index in [4.69, 9.17) is 0 Å². The van der Waals surface area contributed by atoms with Crippen LogP contribution in [0.4, 0.5) is 5.69 Å². The Morgan fingerprint density at radius 1 is 1.05 bits per heavy atom. The molecule has 0 atom stereocenters. The highest BCUT2D eigenvalue weighted by Gasteiger charge is 2.32. The number of nitrogens with one attached hydrogen (secondary N) is 2. The van der Waals surface area contributed by atoms with Crippen LogP contribution in [0.3, 0.4) is 0 Å². The summed E-state index contributed by atoms with van der Waals surface area (Å²) >= 11 is 0. The zero-order chi connectivity index (χ0) is 16.2. The first-order valence-corrected chi connectivity index (χ1v) is 6.46. The van der Waals surface area contributed by atoms with Gasteiger partial charge in [-0.2, -0.15) is 0 Å². The van der Waals surface area contributed by atoms with Gasteiger partial charge in [0.1, 0.15) is 5.54 Å². The summed E-state index contributed by atoms with van der Waals surface area (Å²) in [6.45, 7) is 6.78. The van der Waals surface area contributed by atoms with Crippen molar-refractivity contribution in [2.24, 2.45) is 0 Å². The van der Waals surface area contributed by atoms with Crippen molar-refractivity contribution in [3.8, 4) is 0 Å². The molecule has 0 heterocycles. The third-order valence-electron chi connectivity index (χ3n) is 3.09. The van der Waals surface area contributed by atoms with E-state index < -0.39 is 23.3 Å². The summed E-state index contributed by atoms with van der Waals surface area (Å²) in [6, 6.07) is 5.33. The highest BCUT2D eigenvalue weighted by molar-refractivity contribution is 6.40. The van der Waals surface area contributed by atoms with Crippen LogP contribution < -0.4 is 10.6 Å². The van der Waals surface area contributed by atoms with Gasteiger partial charge in [-0.05, 0) is 51.0 Å². The number of anilines is 1. The van der Waals surface area contributed by atoms with Gasteiger partial charge in [0.05, 0.1) is 7.11 Å². The van der Waals surface area contributed by atoms with Crippen molar-refractivity contribution in [2.45, 2.75) is 33.2 Å². The molecule has 0 aromatic heterocycles. The van der Waals surface area contributed by atoms with Crippen LogP contribution in [0.25, 0.3) is 0 Å². The number of carbonyl (C=O) groups is 3. The van der Waals surface area contributed by atoms with E-state index in [9.17, 15) is 14.4 Å². The molecular weight excluding hydrogens is 272 g/mol. The Morgan fingerprint density at radius 2 is 1.67 bits per heavy atom. The van der Waals surface area contributed by atoms with Gasteiger partial charge in [0.25, 0.3) is 0 Å². The van der Waals surface area contributed by atoms with E-state index in [-0.39, 0.29) is 0 Å². The van der Waals surface area contributed by atoms with Crippen LogP contribution in [0.1, 0.15) is 25.0 Å². The maximum Gasteiger partial charge on any atom is 0.330 e. The van der Waals surface area contributed by atoms with Crippen LogP contribution in [0.5, 0.6) is 0 Å². The smallest absolute Gasteiger partial charge is 0.330 e. The minimum atomic E-state index is -1.27. The largest absolute Gasteiger partial charge is 0.467 e. The van der Waals surface area contributed by atoms with Crippen LogP contribution in [0.15, 0.2) is 18.2 Å². The molecule has 1 aromatic carbocycles. The Morgan fingerprint density at radius 3 is 2.19 bits per heavy atom. The Labute approximate surface area is 123 Å². The van der Waals surface area contributed by atoms with Crippen LogP contribution in [0.2, 0.25) is 0 Å². The van der Waals surface area contributed by atoms with Gasteiger partial charge < -0.3 is 15.4 Å². The van der Waals surface area contributed by atoms with Gasteiger partial charge in [0.2, 0.25) is 0 Å². The van der Waals surface area contributed by atoms with Crippen LogP contribution in [-0.2, 0) is 19.1 Å². The average molecular weight is 292 g/mol. The van der Waals surface area contributed by atoms with Gasteiger partial charge in [0.15, 0.2) is 0 Å². The molecule has 2 amide bonds. The molecule has 2 N–H and O–H groups in total. The molecule has 6 heteroatoms. The molecule has 1 aromatic rings. The number of ether oxygens (including phenoxy) is 1. The molecule has 0 aliphatic heterocycles. The van der Waals surface area contributed by atoms with Gasteiger partial charge in [-0.1, -0.05) is 6.07 Å². The summed E-state index contributed by atoms with van der Waals surface area (Å²) in [5, 5.41) is 4.81. The maximum atomic E-state index is 11.8. The number of hydrogen-bond acceptors (Lipinski definition) is 4. The molecule has 0 unspecified atom stereocenters. The van der Waals surface area contributed by atoms with Crippen molar-refractivity contribution < 1.29 is 19.1 Å². The molecule has 0 spiro atoms. The summed E-state index contributed by atoms with van der Waals surface area (Å²) in [4.78, 5) is 35.1. The Hall–Kier alpha value is -2.37. The summed E-state index contributed by atoms with van der Waals surface area (Å²) < 4.78 is 4.56. The minimum absolute atomic E-state index is 0.522. The first kappa shape index (κ1) is 16.7. The summed E-state index contributed by atoms with van der Waals surface area (Å²) in [7, 11) is 1.21. The molecule has 0 radical (unpaired) electrons. The van der Waals surface area contributed by atoms with E-state index in [1.165, 1.54) is 21.0 Å². The van der Waals surface area contributed by atoms with Crippen molar-refractivity contribution in [1.82, 2.24) is 5.32 Å². The average Bonchev–Trinajstić information content (AvgIpc) is 2.41. The second kappa shape index (κ2) is 6.39. The van der Waals surface area contributed by atoms with Crippen molar-refractivity contribution in [2.75, 3.05) is 12.4 Å². The zero-order valence-corrected chi connectivity index (χ0v) is 12.9. The molecular formula is C15H20N2O4. The molecule has 114 valence electrons. The van der Waals surface area contributed by atoms with Crippen molar-refractivity contribution >= 4 is 23.5 Å². The van der Waals surface area contributed by atoms with E-state index in [0.29, 0.717) is 5.69 Å². The fourth-order valence-corrected chi connectivity index (χ4v) is 1.65. The quantitative estimate of drug-likeness (QED) is 0.650. The Kier molecular flexibility index (Phi) is 5.07. The number of hydrogen-bond donors (Lipinski definition) is 2. The molecule has 0 bridgehead atoms. The zero-order valence-electron chi connectivity index (χ0n) is 12.9. The van der Waals surface area contributed by atoms with Gasteiger partial charge in [-0.3, -0.25) is 9.59 Å². The van der Waals surface area contributed by atoms with Crippen LogP contribution in [0, 0.1) is 13.8 Å². The highest BCUT2D eigenvalue weighted by atomic mass is 16.5. The van der Waals surface area contributed by atoms with Gasteiger partial charge in [-0.15, -0.1) is 0 Å². The van der Waals surface area contributed by atoms with Crippen LogP contribution >= 0.6 is 0 Å². The predicted molar refractivity (Wildman–Crippen MR) is 78.8 cm³/mol. The Balaban J connectivity index is 2.73. The van der Waals surface area contributed by atoms with Gasteiger partial charge in [0, 0.05) is 5.69 Å². The number of esters is 1. The minimum Gasteiger partial charge on any atom is -0.467 e. The third kappa shape index (κ3) is 4.30. The lowest BCUT2D eigenvalue weighted by atomic mass is 10.1. The fraction of sp³-hybridized carbons (Fsp3) is 0.400. The summed E-state index contributed by atoms with van der Waals surface area (Å²) in [6.07, 6.45) is 0. The first-order valence-electron chi connectivity index (χ1n) is 6.46. The molecule has 0 aliphatic carbocycles. The lowest BCUT2D eigenvalue weighted by Gasteiger charge is -2.22. The topological polar surface area (TPSA) is 84.5 Å². The van der Waals surface area contributed by atoms with Crippen LogP contribution in [-0.4, -0.2) is 30.4 Å². The second-order valence-electron chi connectivity index (χ2n) is 5.32. The Bertz CT molecular complexity index is 579. The molecule has 21 heavy (non-hydrogen) atoms. The normalized spacial score (nSPS) is 10.7. The van der Waals surface area contributed by atoms with Crippen molar-refractivity contribution in [1.29, 1.82) is 0 Å². The fourth-order valence-electron chi connectivity index (χ4n) is 1.65. The SMILES string of the molecule is COC(=O)C(C)(C)NC(=O)C(=O)Nc1ccc(C)c(C)c1. The number of rotatable bonds is 3. The second-order valence-corrected chi connectivity index (χ2v) is 5.32. The standard InChI is InChI=1S/C15H20N2O4/c1-9-6-7-11(8-10(9)2)16-12(18)13(19)17-15(3,4)14(20)21-5/h6-8H,1-5H3,(H,16,18)(H,17,19). The first-order chi connectivity index (χ1) is 9.67. The summed E-state index contributed by atoms with van der Waals surface area (Å²) in [5.41, 5.74) is 1.34. The molecule has 1 rings (SSSR count). The van der Waals surface area contributed by atoms with E-state index in [0.717, 1.165) is 11.1 Å². The lowest BCUT2D eigenvalue weighted by Crippen LogP contribution is -2.53. The van der Waals surface area contributed by atoms with E-state index in [1.54, 1.807) is 12.1 Å². The highest BCUT2D eigenvalue weighted by Crippen LogP contribution is 2.14. The van der Waals surface area contributed by atoms with E-state index in [2.05, 4.69) is 15.4 Å². The predicted octanol–water partition coefficient (Wildman–Crippen LogP) is 1.31. The molecule has 0 fully saturated rings. The maximum absolute atomic E-state index is 11.8. The third-order valence-corrected chi connectivity index (χ3v) is 3.09. The van der Waals surface area contributed by atoms with Gasteiger partial charge in [-0.25, -0.2) is 4.79 Å². The molecule has 0 aliphatic rings. The van der Waals surface area contributed by atoms with Crippen molar-refractivity contribution in [3.05, 3.63) is 29.3 Å². The van der Waals surface area contributed by atoms with Gasteiger partial charge >= 0.3 is 17.8 Å². The summed E-state index contributed by atoms with van der Waals surface area (Å²) in [5.74, 6) is -2.37. The number of carbonyl (C=O) groups excluding carboxylic acids is 3. The molecule has 6 nitrogen and oxygen atoms in total. The van der Waals surface area contributed by atoms with Crippen molar-refractivity contribution in [3.63, 3.8) is 0 Å². The lowest BCUT2D eigenvalue weighted by molar-refractivity contribution is -0.150. The van der Waals surface area contributed by atoms with E-state index in [1.807, 2.05) is 19.9 Å². The molecule has 0 saturated heterocycles.